The van der Waals surface area contributed by atoms with Crippen molar-refractivity contribution in [2.75, 3.05) is 19.8 Å². The van der Waals surface area contributed by atoms with Crippen LogP contribution >= 0.6 is 0 Å². The van der Waals surface area contributed by atoms with Crippen LogP contribution in [0.1, 0.15) is 41.9 Å². The highest BCUT2D eigenvalue weighted by molar-refractivity contribution is 5.92. The quantitative estimate of drug-likeness (QED) is 0.836. The molecule has 1 atom stereocenters. The van der Waals surface area contributed by atoms with E-state index in [-0.39, 0.29) is 17.4 Å². The van der Waals surface area contributed by atoms with Gasteiger partial charge in [-0.15, -0.1) is 5.10 Å². The van der Waals surface area contributed by atoms with E-state index in [1.54, 1.807) is 15.6 Å². The third kappa shape index (κ3) is 2.71. The molecule has 2 fully saturated rings. The third-order valence-corrected chi connectivity index (χ3v) is 4.83. The lowest BCUT2D eigenvalue weighted by Crippen LogP contribution is -2.43. The highest BCUT2D eigenvalue weighted by Crippen LogP contribution is 2.33. The molecule has 2 aromatic heterocycles. The molecule has 2 aromatic rings. The Morgan fingerprint density at radius 3 is 2.92 bits per heavy atom. The minimum absolute atomic E-state index is 0.0531. The van der Waals surface area contributed by atoms with Gasteiger partial charge in [0.15, 0.2) is 5.69 Å². The summed E-state index contributed by atoms with van der Waals surface area (Å²) in [5, 5.41) is 12.4. The Bertz CT molecular complexity index is 747. The number of aromatic nitrogens is 5. The minimum atomic E-state index is -0.0531. The summed E-state index contributed by atoms with van der Waals surface area (Å²) in [6, 6.07) is 0.0777. The highest BCUT2D eigenvalue weighted by Gasteiger charge is 2.35. The zero-order valence-corrected chi connectivity index (χ0v) is 14.1. The molecule has 8 nitrogen and oxygen atoms in total. The van der Waals surface area contributed by atoms with Crippen LogP contribution in [-0.2, 0) is 18.3 Å². The van der Waals surface area contributed by atoms with E-state index in [9.17, 15) is 4.79 Å². The molecule has 0 aromatic carbocycles. The Labute approximate surface area is 140 Å². The average Bonchev–Trinajstić information content (AvgIpc) is 3.24. The highest BCUT2D eigenvalue weighted by atomic mass is 16.5. The van der Waals surface area contributed by atoms with Gasteiger partial charge in [0, 0.05) is 30.8 Å². The van der Waals surface area contributed by atoms with Gasteiger partial charge < -0.3 is 9.64 Å². The Kier molecular flexibility index (Phi) is 3.64. The molecule has 8 heteroatoms. The van der Waals surface area contributed by atoms with Crippen molar-refractivity contribution < 1.29 is 9.53 Å². The number of hydrogen-bond acceptors (Lipinski definition) is 5. The van der Waals surface area contributed by atoms with Gasteiger partial charge in [-0.3, -0.25) is 14.2 Å². The van der Waals surface area contributed by atoms with E-state index >= 15 is 0 Å². The molecule has 0 saturated carbocycles. The van der Waals surface area contributed by atoms with Crippen LogP contribution in [-0.4, -0.2) is 55.3 Å². The smallest absolute Gasteiger partial charge is 0.276 e. The normalized spacial score (nSPS) is 22.6. The van der Waals surface area contributed by atoms with Gasteiger partial charge in [-0.25, -0.2) is 0 Å². The first kappa shape index (κ1) is 15.3. The van der Waals surface area contributed by atoms with Crippen molar-refractivity contribution in [1.82, 2.24) is 29.7 Å². The van der Waals surface area contributed by atoms with E-state index in [0.29, 0.717) is 5.69 Å². The minimum Gasteiger partial charge on any atom is -0.380 e. The second-order valence-corrected chi connectivity index (χ2v) is 7.21. The van der Waals surface area contributed by atoms with E-state index in [2.05, 4.69) is 22.3 Å². The summed E-state index contributed by atoms with van der Waals surface area (Å²) in [5.41, 5.74) is 1.59. The summed E-state index contributed by atoms with van der Waals surface area (Å²) in [7, 11) is 1.89. The van der Waals surface area contributed by atoms with Gasteiger partial charge in [0.05, 0.1) is 38.2 Å². The topological polar surface area (TPSA) is 78.1 Å². The number of aryl methyl sites for hydroxylation is 1. The van der Waals surface area contributed by atoms with Crippen molar-refractivity contribution in [3.63, 3.8) is 0 Å². The third-order valence-electron chi connectivity index (χ3n) is 4.83. The lowest BCUT2D eigenvalue weighted by atomic mass is 9.89. The fourth-order valence-corrected chi connectivity index (χ4v) is 3.52. The van der Waals surface area contributed by atoms with Crippen molar-refractivity contribution in [1.29, 1.82) is 0 Å². The van der Waals surface area contributed by atoms with Crippen LogP contribution in [0, 0.1) is 5.41 Å². The number of hydrogen-bond donors (Lipinski definition) is 0. The molecular formula is C16H22N6O2. The summed E-state index contributed by atoms with van der Waals surface area (Å²) in [6.07, 6.45) is 7.52. The maximum atomic E-state index is 12.9. The molecule has 2 saturated heterocycles. The van der Waals surface area contributed by atoms with Gasteiger partial charge in [0.25, 0.3) is 5.91 Å². The molecular weight excluding hydrogens is 308 g/mol. The van der Waals surface area contributed by atoms with Crippen LogP contribution in [0.4, 0.5) is 0 Å². The number of rotatable bonds is 4. The predicted molar refractivity (Wildman–Crippen MR) is 85.2 cm³/mol. The molecule has 4 rings (SSSR count). The first-order valence-electron chi connectivity index (χ1n) is 8.31. The summed E-state index contributed by atoms with van der Waals surface area (Å²) in [6.45, 7) is 5.07. The van der Waals surface area contributed by atoms with Crippen LogP contribution in [0.5, 0.6) is 0 Å². The second-order valence-electron chi connectivity index (χ2n) is 7.21. The Morgan fingerprint density at radius 1 is 1.42 bits per heavy atom. The van der Waals surface area contributed by atoms with E-state index < -0.39 is 0 Å². The van der Waals surface area contributed by atoms with Gasteiger partial charge in [-0.2, -0.15) is 5.10 Å². The Hall–Kier alpha value is -2.22. The van der Waals surface area contributed by atoms with Crippen molar-refractivity contribution >= 4 is 5.91 Å². The number of amides is 1. The lowest BCUT2D eigenvalue weighted by Gasteiger charge is -2.37. The zero-order valence-electron chi connectivity index (χ0n) is 14.1. The van der Waals surface area contributed by atoms with Crippen molar-refractivity contribution in [3.05, 3.63) is 29.8 Å². The van der Waals surface area contributed by atoms with Gasteiger partial charge >= 0.3 is 0 Å². The van der Waals surface area contributed by atoms with E-state index in [0.717, 1.165) is 44.7 Å². The molecule has 1 unspecified atom stereocenters. The van der Waals surface area contributed by atoms with E-state index in [1.807, 2.05) is 24.3 Å². The number of nitrogens with zero attached hydrogens (tertiary/aromatic N) is 6. The fourth-order valence-electron chi connectivity index (χ4n) is 3.52. The van der Waals surface area contributed by atoms with Crippen LogP contribution in [0.15, 0.2) is 18.6 Å². The molecule has 0 bridgehead atoms. The van der Waals surface area contributed by atoms with Crippen LogP contribution < -0.4 is 0 Å². The van der Waals surface area contributed by atoms with Gasteiger partial charge in [0.1, 0.15) is 0 Å². The molecule has 2 aliphatic heterocycles. The monoisotopic (exact) mass is 330 g/mol. The molecule has 0 aliphatic carbocycles. The molecule has 0 radical (unpaired) electrons. The maximum Gasteiger partial charge on any atom is 0.276 e. The van der Waals surface area contributed by atoms with Crippen LogP contribution in [0.25, 0.3) is 0 Å². The Morgan fingerprint density at radius 2 is 2.25 bits per heavy atom. The standard InChI is InChI=1S/C16H22N6O2/c1-16(10-24-11-16)9-21-8-13(18-19-21)15(23)22-5-3-4-14(22)12-6-17-20(2)7-12/h6-8,14H,3-5,9-11H2,1-2H3. The first-order chi connectivity index (χ1) is 11.5. The van der Waals surface area contributed by atoms with Crippen molar-refractivity contribution in [2.24, 2.45) is 12.5 Å². The molecule has 24 heavy (non-hydrogen) atoms. The number of carbonyl (C=O) groups excluding carboxylic acids is 1. The number of likely N-dealkylation sites (tertiary alicyclic amines) is 1. The molecule has 0 N–H and O–H groups in total. The molecule has 2 aliphatic rings. The molecule has 128 valence electrons. The largest absolute Gasteiger partial charge is 0.380 e. The average molecular weight is 330 g/mol. The Balaban J connectivity index is 1.49. The van der Waals surface area contributed by atoms with Gasteiger partial charge in [-0.05, 0) is 12.8 Å². The second kappa shape index (κ2) is 5.70. The molecule has 0 spiro atoms. The van der Waals surface area contributed by atoms with Gasteiger partial charge in [0.2, 0.25) is 0 Å². The van der Waals surface area contributed by atoms with Crippen molar-refractivity contribution in [3.8, 4) is 0 Å². The summed E-state index contributed by atoms with van der Waals surface area (Å²) in [4.78, 5) is 14.7. The van der Waals surface area contributed by atoms with Crippen LogP contribution in [0.3, 0.4) is 0 Å². The van der Waals surface area contributed by atoms with E-state index in [1.165, 1.54) is 0 Å². The SMILES string of the molecule is Cn1cc(C2CCCN2C(=O)c2cn(CC3(C)COC3)nn2)cn1. The molecule has 1 amide bonds. The van der Waals surface area contributed by atoms with Crippen molar-refractivity contribution in [2.45, 2.75) is 32.4 Å². The van der Waals surface area contributed by atoms with E-state index in [4.69, 9.17) is 4.74 Å². The summed E-state index contributed by atoms with van der Waals surface area (Å²) in [5.74, 6) is -0.0531. The zero-order chi connectivity index (χ0) is 16.7. The number of carbonyl (C=O) groups is 1. The lowest BCUT2D eigenvalue weighted by molar-refractivity contribution is -0.111. The van der Waals surface area contributed by atoms with Gasteiger partial charge in [-0.1, -0.05) is 12.1 Å². The summed E-state index contributed by atoms with van der Waals surface area (Å²) < 4.78 is 8.79. The predicted octanol–water partition coefficient (Wildman–Crippen LogP) is 1.03. The number of ether oxygens (including phenoxy) is 1. The molecule has 4 heterocycles. The maximum absolute atomic E-state index is 12.9. The fraction of sp³-hybridized carbons (Fsp3) is 0.625. The van der Waals surface area contributed by atoms with Crippen LogP contribution in [0.2, 0.25) is 0 Å². The summed E-state index contributed by atoms with van der Waals surface area (Å²) >= 11 is 0. The first-order valence-corrected chi connectivity index (χ1v) is 8.31.